The lowest BCUT2D eigenvalue weighted by Crippen LogP contribution is -2.37. The van der Waals surface area contributed by atoms with Crippen LogP contribution in [0.2, 0.25) is 0 Å². The molecule has 0 aromatic carbocycles. The Bertz CT molecular complexity index is 1050. The molecule has 4 rings (SSSR count). The van der Waals surface area contributed by atoms with Crippen LogP contribution in [0.1, 0.15) is 43.1 Å². The molecule has 0 bridgehead atoms. The fraction of sp³-hybridized carbons (Fsp3) is 0.500. The van der Waals surface area contributed by atoms with Gasteiger partial charge in [-0.2, -0.15) is 9.61 Å². The molecule has 2 aliphatic rings. The summed E-state index contributed by atoms with van der Waals surface area (Å²) in [7, 11) is 0. The minimum atomic E-state index is -0.149. The lowest BCUT2D eigenvalue weighted by Gasteiger charge is -2.23. The van der Waals surface area contributed by atoms with Crippen LogP contribution >= 0.6 is 23.2 Å². The van der Waals surface area contributed by atoms with E-state index in [2.05, 4.69) is 17.6 Å². The Morgan fingerprint density at radius 1 is 1.26 bits per heavy atom. The third-order valence-electron chi connectivity index (χ3n) is 5.68. The van der Waals surface area contributed by atoms with Crippen LogP contribution in [0.5, 0.6) is 0 Å². The summed E-state index contributed by atoms with van der Waals surface area (Å²) in [6, 6.07) is 2.52. The van der Waals surface area contributed by atoms with Gasteiger partial charge in [-0.1, -0.05) is 36.2 Å². The van der Waals surface area contributed by atoms with Crippen molar-refractivity contribution in [1.82, 2.24) is 19.9 Å². The van der Waals surface area contributed by atoms with E-state index < -0.39 is 0 Å². The van der Waals surface area contributed by atoms with E-state index in [1.807, 2.05) is 13.0 Å². The van der Waals surface area contributed by atoms with Crippen LogP contribution in [0.25, 0.3) is 11.2 Å². The second-order valence-electron chi connectivity index (χ2n) is 7.82. The van der Waals surface area contributed by atoms with E-state index in [0.29, 0.717) is 27.9 Å². The molecule has 0 saturated carbocycles. The fourth-order valence-electron chi connectivity index (χ4n) is 3.99. The lowest BCUT2D eigenvalue weighted by atomic mass is 9.98. The number of nitrogens with zero attached hydrogens (tertiary/aromatic N) is 3. The predicted octanol–water partition coefficient (Wildman–Crippen LogP) is 3.83. The van der Waals surface area contributed by atoms with Gasteiger partial charge in [-0.05, 0) is 26.2 Å². The number of Topliss-reactive ketones (excluding diaryl/α,β-unsaturated/α-hetero) is 1. The lowest BCUT2D eigenvalue weighted by molar-refractivity contribution is -0.114. The largest absolute Gasteiger partial charge is 0.381 e. The zero-order valence-corrected chi connectivity index (χ0v) is 19.3. The molecule has 1 saturated heterocycles. The van der Waals surface area contributed by atoms with Crippen LogP contribution in [-0.2, 0) is 16.0 Å². The molecule has 166 valence electrons. The summed E-state index contributed by atoms with van der Waals surface area (Å²) in [5.74, 6) is 0.702. The zero-order chi connectivity index (χ0) is 22.0. The number of ketones is 1. The van der Waals surface area contributed by atoms with Gasteiger partial charge in [0.15, 0.2) is 11.4 Å². The zero-order valence-electron chi connectivity index (χ0n) is 17.8. The molecular formula is C22H27Cl2N5O2. The van der Waals surface area contributed by atoms with E-state index in [0.717, 1.165) is 62.8 Å². The second kappa shape index (κ2) is 9.69. The van der Waals surface area contributed by atoms with Gasteiger partial charge in [-0.3, -0.25) is 4.79 Å². The molecule has 0 unspecified atom stereocenters. The Hall–Kier alpha value is -1.93. The van der Waals surface area contributed by atoms with E-state index in [1.165, 1.54) is 0 Å². The third kappa shape index (κ3) is 4.65. The van der Waals surface area contributed by atoms with Crippen LogP contribution in [0.3, 0.4) is 0 Å². The Morgan fingerprint density at radius 2 is 2.03 bits per heavy atom. The SMILES string of the molecule is CCc1cc(NCCNC2CCOCC2)n2nc(C)c(C3=C(Cl)C(=O)CC=C3Cl)c2n1. The number of carbonyl (C=O) groups excluding carboxylic acids is 1. The summed E-state index contributed by atoms with van der Waals surface area (Å²) in [6.45, 7) is 7.17. The molecular weight excluding hydrogens is 437 g/mol. The number of carbonyl (C=O) groups is 1. The first-order chi connectivity index (χ1) is 15.0. The molecule has 1 aliphatic carbocycles. The number of hydrogen-bond acceptors (Lipinski definition) is 6. The molecule has 0 amide bonds. The molecule has 3 heterocycles. The predicted molar refractivity (Wildman–Crippen MR) is 124 cm³/mol. The summed E-state index contributed by atoms with van der Waals surface area (Å²) in [6.07, 6.45) is 4.76. The van der Waals surface area contributed by atoms with E-state index >= 15 is 0 Å². The van der Waals surface area contributed by atoms with E-state index in [4.69, 9.17) is 38.0 Å². The standard InChI is InChI=1S/C22H27Cl2N5O2/c1-3-14-12-18(26-9-8-25-15-6-10-31-11-7-15)29-22(27-14)19(13(2)28-29)20-16(23)4-5-17(30)21(20)24/h4,12,15,25-26H,3,5-11H2,1-2H3. The highest BCUT2D eigenvalue weighted by Gasteiger charge is 2.27. The molecule has 0 atom stereocenters. The number of aromatic nitrogens is 3. The third-order valence-corrected chi connectivity index (χ3v) is 6.43. The van der Waals surface area contributed by atoms with Gasteiger partial charge in [0.05, 0.1) is 16.3 Å². The maximum Gasteiger partial charge on any atom is 0.178 e. The molecule has 9 heteroatoms. The number of halogens is 2. The number of ether oxygens (including phenoxy) is 1. The van der Waals surface area contributed by atoms with Gasteiger partial charge in [0.25, 0.3) is 0 Å². The van der Waals surface area contributed by atoms with Gasteiger partial charge in [0, 0.05) is 61.1 Å². The first-order valence-electron chi connectivity index (χ1n) is 10.7. The second-order valence-corrected chi connectivity index (χ2v) is 8.60. The average molecular weight is 464 g/mol. The molecule has 7 nitrogen and oxygen atoms in total. The molecule has 2 N–H and O–H groups in total. The summed E-state index contributed by atoms with van der Waals surface area (Å²) >= 11 is 12.9. The number of fused-ring (bicyclic) bond motifs is 1. The van der Waals surface area contributed by atoms with Crippen LogP contribution in [0.4, 0.5) is 5.82 Å². The maximum absolute atomic E-state index is 12.2. The summed E-state index contributed by atoms with van der Waals surface area (Å²) in [4.78, 5) is 17.0. The molecule has 2 aromatic rings. The number of rotatable bonds is 7. The molecule has 1 fully saturated rings. The highest BCUT2D eigenvalue weighted by molar-refractivity contribution is 6.51. The van der Waals surface area contributed by atoms with Gasteiger partial charge in [-0.25, -0.2) is 4.98 Å². The minimum Gasteiger partial charge on any atom is -0.381 e. The van der Waals surface area contributed by atoms with E-state index in [9.17, 15) is 4.79 Å². The Kier molecular flexibility index (Phi) is 6.96. The molecule has 31 heavy (non-hydrogen) atoms. The van der Waals surface area contributed by atoms with Crippen molar-refractivity contribution < 1.29 is 9.53 Å². The molecule has 2 aromatic heterocycles. The van der Waals surface area contributed by atoms with Gasteiger partial charge < -0.3 is 15.4 Å². The van der Waals surface area contributed by atoms with Crippen molar-refractivity contribution in [3.63, 3.8) is 0 Å². The Morgan fingerprint density at radius 3 is 2.77 bits per heavy atom. The summed E-state index contributed by atoms with van der Waals surface area (Å²) < 4.78 is 7.19. The normalized spacial score (nSPS) is 18.1. The number of anilines is 1. The van der Waals surface area contributed by atoms with Crippen molar-refractivity contribution in [1.29, 1.82) is 0 Å². The van der Waals surface area contributed by atoms with E-state index in [-0.39, 0.29) is 17.2 Å². The van der Waals surface area contributed by atoms with Crippen molar-refractivity contribution in [2.75, 3.05) is 31.6 Å². The topological polar surface area (TPSA) is 80.5 Å². The van der Waals surface area contributed by atoms with Gasteiger partial charge in [-0.15, -0.1) is 0 Å². The average Bonchev–Trinajstić information content (AvgIpc) is 3.10. The number of aryl methyl sites for hydroxylation is 2. The van der Waals surface area contributed by atoms with Gasteiger partial charge in [0.2, 0.25) is 0 Å². The van der Waals surface area contributed by atoms with Crippen molar-refractivity contribution in [2.45, 2.75) is 45.6 Å². The van der Waals surface area contributed by atoms with Crippen molar-refractivity contribution in [3.8, 4) is 0 Å². The number of hydrogen-bond donors (Lipinski definition) is 2. The van der Waals surface area contributed by atoms with Crippen LogP contribution in [0, 0.1) is 6.92 Å². The minimum absolute atomic E-state index is 0.143. The summed E-state index contributed by atoms with van der Waals surface area (Å²) in [5.41, 5.74) is 3.51. The molecule has 1 aliphatic heterocycles. The van der Waals surface area contributed by atoms with Crippen molar-refractivity contribution >= 4 is 46.0 Å². The van der Waals surface area contributed by atoms with Crippen LogP contribution in [-0.4, -0.2) is 52.7 Å². The van der Waals surface area contributed by atoms with Gasteiger partial charge in [0.1, 0.15) is 5.82 Å². The van der Waals surface area contributed by atoms with Gasteiger partial charge >= 0.3 is 0 Å². The maximum atomic E-state index is 12.2. The highest BCUT2D eigenvalue weighted by atomic mass is 35.5. The Balaban J connectivity index is 1.63. The van der Waals surface area contributed by atoms with Crippen LogP contribution in [0.15, 0.2) is 22.2 Å². The van der Waals surface area contributed by atoms with Crippen LogP contribution < -0.4 is 10.6 Å². The first kappa shape index (κ1) is 22.3. The van der Waals surface area contributed by atoms with Crippen molar-refractivity contribution in [2.24, 2.45) is 0 Å². The molecule has 0 radical (unpaired) electrons. The smallest absolute Gasteiger partial charge is 0.178 e. The first-order valence-corrected chi connectivity index (χ1v) is 11.5. The number of allylic oxidation sites excluding steroid dienone is 4. The highest BCUT2D eigenvalue weighted by Crippen LogP contribution is 2.39. The Labute approximate surface area is 191 Å². The quantitative estimate of drug-likeness (QED) is 0.607. The number of nitrogens with one attached hydrogen (secondary N) is 2. The molecule has 0 spiro atoms. The fourth-order valence-corrected chi connectivity index (χ4v) is 4.58. The monoisotopic (exact) mass is 463 g/mol. The van der Waals surface area contributed by atoms with E-state index in [1.54, 1.807) is 10.6 Å². The summed E-state index contributed by atoms with van der Waals surface area (Å²) in [5, 5.41) is 12.4. The van der Waals surface area contributed by atoms with Crippen molar-refractivity contribution in [3.05, 3.63) is 39.2 Å².